The fraction of sp³-hybridized carbons (Fsp3) is 0.241. The molecule has 0 unspecified atom stereocenters. The van der Waals surface area contributed by atoms with Crippen molar-refractivity contribution in [3.63, 3.8) is 0 Å². The first-order valence-electron chi connectivity index (χ1n) is 11.7. The minimum absolute atomic E-state index is 0.0942. The zero-order valence-electron chi connectivity index (χ0n) is 20.6. The summed E-state index contributed by atoms with van der Waals surface area (Å²) in [5, 5.41) is 1.01. The molecular weight excluding hydrogens is 478 g/mol. The summed E-state index contributed by atoms with van der Waals surface area (Å²) in [4.78, 5) is 29.2. The van der Waals surface area contributed by atoms with Crippen LogP contribution in [0.5, 0.6) is 11.5 Å². The minimum atomic E-state index is -0.604. The number of ether oxygens (including phenoxy) is 2. The highest BCUT2D eigenvalue weighted by Gasteiger charge is 2.42. The lowest BCUT2D eigenvalue weighted by Crippen LogP contribution is -2.31. The van der Waals surface area contributed by atoms with Gasteiger partial charge in [0.1, 0.15) is 5.58 Å². The maximum atomic E-state index is 13.8. The second kappa shape index (κ2) is 9.36. The molecule has 6 nitrogen and oxygen atoms in total. The highest BCUT2D eigenvalue weighted by atomic mass is 35.5. The van der Waals surface area contributed by atoms with Gasteiger partial charge in [0.25, 0.3) is 5.91 Å². The Bertz CT molecular complexity index is 1560. The predicted molar refractivity (Wildman–Crippen MR) is 140 cm³/mol. The van der Waals surface area contributed by atoms with Crippen LogP contribution >= 0.6 is 11.6 Å². The molecule has 0 saturated carbocycles. The van der Waals surface area contributed by atoms with Gasteiger partial charge in [0, 0.05) is 11.6 Å². The fourth-order valence-corrected chi connectivity index (χ4v) is 5.21. The van der Waals surface area contributed by atoms with E-state index < -0.39 is 6.04 Å². The van der Waals surface area contributed by atoms with E-state index in [1.165, 1.54) is 0 Å². The molecule has 1 aliphatic heterocycles. The van der Waals surface area contributed by atoms with Gasteiger partial charge in [0.05, 0.1) is 31.2 Å². The fourth-order valence-electron chi connectivity index (χ4n) is 5.01. The first kappa shape index (κ1) is 23.9. The van der Waals surface area contributed by atoms with Gasteiger partial charge in [-0.05, 0) is 72.9 Å². The van der Waals surface area contributed by atoms with E-state index in [2.05, 4.69) is 0 Å². The van der Waals surface area contributed by atoms with Crippen molar-refractivity contribution >= 4 is 28.5 Å². The highest BCUT2D eigenvalue weighted by Crippen LogP contribution is 2.39. The second-order valence-electron chi connectivity index (χ2n) is 9.03. The quantitative estimate of drug-likeness (QED) is 0.329. The van der Waals surface area contributed by atoms with Crippen LogP contribution < -0.4 is 14.9 Å². The van der Waals surface area contributed by atoms with Crippen LogP contribution in [0.4, 0.5) is 0 Å². The molecular formula is C29H26ClNO5. The first-order valence-corrected chi connectivity index (χ1v) is 12.1. The molecule has 1 aromatic heterocycles. The Morgan fingerprint density at radius 3 is 2.47 bits per heavy atom. The van der Waals surface area contributed by atoms with Crippen LogP contribution in [0.1, 0.15) is 44.4 Å². The number of carbonyl (C=O) groups is 1. The average Bonchev–Trinajstić information content (AvgIpc) is 3.15. The number of amides is 1. The molecule has 0 aliphatic carbocycles. The number of benzene rings is 3. The first-order chi connectivity index (χ1) is 17.3. The largest absolute Gasteiger partial charge is 0.493 e. The van der Waals surface area contributed by atoms with E-state index in [0.29, 0.717) is 46.0 Å². The Hall–Kier alpha value is -3.77. The summed E-state index contributed by atoms with van der Waals surface area (Å²) in [7, 11) is 3.17. The van der Waals surface area contributed by atoms with Gasteiger partial charge in [0.2, 0.25) is 5.76 Å². The number of nitrogens with zero attached hydrogens (tertiary/aromatic N) is 1. The van der Waals surface area contributed by atoms with Crippen LogP contribution in [0.3, 0.4) is 0 Å². The number of methoxy groups -OCH3 is 2. The normalized spacial score (nSPS) is 14.9. The lowest BCUT2D eigenvalue weighted by Gasteiger charge is -2.25. The van der Waals surface area contributed by atoms with Crippen molar-refractivity contribution in [1.82, 2.24) is 4.90 Å². The molecule has 0 bridgehead atoms. The van der Waals surface area contributed by atoms with Crippen LogP contribution in [-0.4, -0.2) is 31.6 Å². The molecule has 5 rings (SSSR count). The average molecular weight is 504 g/mol. The Morgan fingerprint density at radius 1 is 0.972 bits per heavy atom. The van der Waals surface area contributed by atoms with E-state index in [0.717, 1.165) is 22.3 Å². The molecule has 1 aliphatic rings. The molecule has 0 radical (unpaired) electrons. The summed E-state index contributed by atoms with van der Waals surface area (Å²) < 4.78 is 16.9. The standard InChI is InChI=1S/C29H26ClNO5/c1-16-12-17(2)27-21(13-16)26(32)24-25(19-6-5-7-20(30)15-19)31(29(33)28(24)36-27)11-10-18-8-9-22(34-3)23(14-18)35-4/h5-9,12-15,25H,10-11H2,1-4H3/t25-/m1/s1. The lowest BCUT2D eigenvalue weighted by molar-refractivity contribution is 0.0730. The van der Waals surface area contributed by atoms with E-state index in [1.807, 2.05) is 56.3 Å². The molecule has 7 heteroatoms. The third-order valence-corrected chi connectivity index (χ3v) is 6.89. The molecule has 4 aromatic rings. The Morgan fingerprint density at radius 2 is 1.75 bits per heavy atom. The summed E-state index contributed by atoms with van der Waals surface area (Å²) in [6.45, 7) is 4.19. The summed E-state index contributed by atoms with van der Waals surface area (Å²) in [6.07, 6.45) is 0.545. The topological polar surface area (TPSA) is 69.0 Å². The van der Waals surface area contributed by atoms with Gasteiger partial charge in [-0.25, -0.2) is 0 Å². The molecule has 0 N–H and O–H groups in total. The number of rotatable bonds is 6. The smallest absolute Gasteiger partial charge is 0.290 e. The molecule has 1 atom stereocenters. The molecule has 1 amide bonds. The van der Waals surface area contributed by atoms with Crippen molar-refractivity contribution in [2.75, 3.05) is 20.8 Å². The lowest BCUT2D eigenvalue weighted by atomic mass is 9.97. The van der Waals surface area contributed by atoms with Crippen molar-refractivity contribution in [3.8, 4) is 11.5 Å². The molecule has 0 fully saturated rings. The van der Waals surface area contributed by atoms with E-state index >= 15 is 0 Å². The van der Waals surface area contributed by atoms with Gasteiger partial charge in [-0.3, -0.25) is 9.59 Å². The second-order valence-corrected chi connectivity index (χ2v) is 9.46. The summed E-state index contributed by atoms with van der Waals surface area (Å²) >= 11 is 6.32. The number of hydrogen-bond acceptors (Lipinski definition) is 5. The van der Waals surface area contributed by atoms with Crippen molar-refractivity contribution in [1.29, 1.82) is 0 Å². The molecule has 3 aromatic carbocycles. The number of carbonyl (C=O) groups excluding carboxylic acids is 1. The molecule has 0 saturated heterocycles. The van der Waals surface area contributed by atoms with E-state index in [4.69, 9.17) is 25.5 Å². The number of hydrogen-bond donors (Lipinski definition) is 0. The Kier molecular flexibility index (Phi) is 6.22. The van der Waals surface area contributed by atoms with Gasteiger partial charge < -0.3 is 18.8 Å². The van der Waals surface area contributed by atoms with E-state index in [-0.39, 0.29) is 17.1 Å². The molecule has 36 heavy (non-hydrogen) atoms. The van der Waals surface area contributed by atoms with Crippen molar-refractivity contribution < 1.29 is 18.7 Å². The van der Waals surface area contributed by atoms with Gasteiger partial charge in [-0.1, -0.05) is 35.9 Å². The van der Waals surface area contributed by atoms with Crippen LogP contribution in [0.15, 0.2) is 63.8 Å². The highest BCUT2D eigenvalue weighted by molar-refractivity contribution is 6.30. The number of aryl methyl sites for hydroxylation is 2. The zero-order chi connectivity index (χ0) is 25.6. The molecule has 184 valence electrons. The third kappa shape index (κ3) is 4.01. The van der Waals surface area contributed by atoms with Gasteiger partial charge in [-0.15, -0.1) is 0 Å². The monoisotopic (exact) mass is 503 g/mol. The minimum Gasteiger partial charge on any atom is -0.493 e. The third-order valence-electron chi connectivity index (χ3n) is 6.65. The SMILES string of the molecule is COc1ccc(CCN2C(=O)c3oc4c(C)cc(C)cc4c(=O)c3[C@H]2c2cccc(Cl)c2)cc1OC. The van der Waals surface area contributed by atoms with Crippen LogP contribution in [0, 0.1) is 13.8 Å². The maximum absolute atomic E-state index is 13.8. The van der Waals surface area contributed by atoms with Crippen molar-refractivity contribution in [2.24, 2.45) is 0 Å². The summed E-state index contributed by atoms with van der Waals surface area (Å²) in [5.41, 5.74) is 4.12. The Labute approximate surface area is 214 Å². The van der Waals surface area contributed by atoms with Crippen LogP contribution in [-0.2, 0) is 6.42 Å². The zero-order valence-corrected chi connectivity index (χ0v) is 21.3. The summed E-state index contributed by atoms with van der Waals surface area (Å²) in [5.74, 6) is 1.03. The van der Waals surface area contributed by atoms with Crippen molar-refractivity contribution in [2.45, 2.75) is 26.3 Å². The van der Waals surface area contributed by atoms with E-state index in [1.54, 1.807) is 31.3 Å². The number of fused-ring (bicyclic) bond motifs is 2. The molecule has 2 heterocycles. The maximum Gasteiger partial charge on any atom is 0.290 e. The Balaban J connectivity index is 1.62. The molecule has 0 spiro atoms. The predicted octanol–water partition coefficient (Wildman–Crippen LogP) is 5.87. The summed E-state index contributed by atoms with van der Waals surface area (Å²) in [6, 6.07) is 16.1. The van der Waals surface area contributed by atoms with Gasteiger partial charge in [-0.2, -0.15) is 0 Å². The van der Waals surface area contributed by atoms with Crippen LogP contribution in [0.2, 0.25) is 5.02 Å². The number of halogens is 1. The van der Waals surface area contributed by atoms with Gasteiger partial charge in [0.15, 0.2) is 16.9 Å². The van der Waals surface area contributed by atoms with Crippen LogP contribution in [0.25, 0.3) is 11.0 Å². The van der Waals surface area contributed by atoms with E-state index in [9.17, 15) is 9.59 Å². The van der Waals surface area contributed by atoms with Gasteiger partial charge >= 0.3 is 0 Å². The van der Waals surface area contributed by atoms with Crippen molar-refractivity contribution in [3.05, 3.63) is 103 Å².